The van der Waals surface area contributed by atoms with Gasteiger partial charge in [-0.1, -0.05) is 31.9 Å². The van der Waals surface area contributed by atoms with E-state index in [1.807, 2.05) is 0 Å². The van der Waals surface area contributed by atoms with Gasteiger partial charge in [0, 0.05) is 8.95 Å². The summed E-state index contributed by atoms with van der Waals surface area (Å²) in [6, 6.07) is 11.5. The number of hydrogen-bond acceptors (Lipinski definition) is 6. The van der Waals surface area contributed by atoms with E-state index in [9.17, 15) is 29.4 Å². The molecular weight excluding hydrogens is 504 g/mol. The first-order valence-corrected chi connectivity index (χ1v) is 9.16. The lowest BCUT2D eigenvalue weighted by atomic mass is 10.1. The Balaban J connectivity index is 2.21. The summed E-state index contributed by atoms with van der Waals surface area (Å²) in [5.74, 6) is -5.71. The molecule has 0 radical (unpaired) electrons. The maximum absolute atomic E-state index is 12.2. The summed E-state index contributed by atoms with van der Waals surface area (Å²) in [6.07, 6.45) is -4.49. The third kappa shape index (κ3) is 5.64. The molecule has 0 spiro atoms. The molecule has 0 amide bonds. The summed E-state index contributed by atoms with van der Waals surface area (Å²) in [5, 5.41) is 18.6. The smallest absolute Gasteiger partial charge is 0.349 e. The molecule has 0 saturated heterocycles. The van der Waals surface area contributed by atoms with Gasteiger partial charge in [0.1, 0.15) is 0 Å². The fourth-order valence-electron chi connectivity index (χ4n) is 2.02. The van der Waals surface area contributed by atoms with Crippen molar-refractivity contribution in [2.45, 2.75) is 12.2 Å². The van der Waals surface area contributed by atoms with E-state index in [0.717, 1.165) is 0 Å². The van der Waals surface area contributed by atoms with Crippen molar-refractivity contribution >= 4 is 55.7 Å². The number of carbonyl (C=O) groups excluding carboxylic acids is 2. The zero-order chi connectivity index (χ0) is 20.8. The standard InChI is InChI=1S/C18H12Br2O8/c19-11-5-1-9(2-6-11)17(25)27-13(15(21)22)14(16(23)24)28-18(26)10-3-7-12(20)8-4-10/h1-8,13-14H,(H,21,22)(H,23,24)/t13-,14-/m0/s1. The predicted molar refractivity (Wildman–Crippen MR) is 102 cm³/mol. The zero-order valence-corrected chi connectivity index (χ0v) is 17.0. The van der Waals surface area contributed by atoms with Gasteiger partial charge in [-0.25, -0.2) is 19.2 Å². The summed E-state index contributed by atoms with van der Waals surface area (Å²) < 4.78 is 10.9. The molecule has 0 aliphatic heterocycles. The van der Waals surface area contributed by atoms with Crippen molar-refractivity contribution in [1.29, 1.82) is 0 Å². The number of aliphatic carboxylic acids is 2. The quantitative estimate of drug-likeness (QED) is 0.538. The minimum absolute atomic E-state index is 0.00201. The lowest BCUT2D eigenvalue weighted by Gasteiger charge is -2.21. The molecule has 0 bridgehead atoms. The molecule has 2 atom stereocenters. The fourth-order valence-corrected chi connectivity index (χ4v) is 2.55. The Morgan fingerprint density at radius 1 is 0.643 bits per heavy atom. The molecule has 2 aromatic rings. The second-order valence-electron chi connectivity index (χ2n) is 5.34. The van der Waals surface area contributed by atoms with Crippen LogP contribution in [0.5, 0.6) is 0 Å². The van der Waals surface area contributed by atoms with Gasteiger partial charge in [-0.15, -0.1) is 0 Å². The van der Waals surface area contributed by atoms with Gasteiger partial charge in [-0.05, 0) is 48.5 Å². The highest BCUT2D eigenvalue weighted by molar-refractivity contribution is 9.10. The summed E-state index contributed by atoms with van der Waals surface area (Å²) in [7, 11) is 0. The second-order valence-corrected chi connectivity index (χ2v) is 7.17. The Bertz CT molecular complexity index is 817. The van der Waals surface area contributed by atoms with Gasteiger partial charge in [-0.2, -0.15) is 0 Å². The van der Waals surface area contributed by atoms with E-state index in [1.54, 1.807) is 0 Å². The molecule has 8 nitrogen and oxygen atoms in total. The normalized spacial score (nSPS) is 12.5. The number of carbonyl (C=O) groups is 4. The Kier molecular flexibility index (Phi) is 7.30. The van der Waals surface area contributed by atoms with Crippen LogP contribution in [0, 0.1) is 0 Å². The highest BCUT2D eigenvalue weighted by Gasteiger charge is 2.41. The van der Waals surface area contributed by atoms with E-state index < -0.39 is 36.1 Å². The Morgan fingerprint density at radius 3 is 1.18 bits per heavy atom. The average Bonchev–Trinajstić information content (AvgIpc) is 2.64. The van der Waals surface area contributed by atoms with Crippen LogP contribution in [-0.4, -0.2) is 46.3 Å². The third-order valence-electron chi connectivity index (χ3n) is 3.39. The monoisotopic (exact) mass is 514 g/mol. The third-order valence-corrected chi connectivity index (χ3v) is 4.45. The van der Waals surface area contributed by atoms with Crippen LogP contribution >= 0.6 is 31.9 Å². The van der Waals surface area contributed by atoms with E-state index in [1.165, 1.54) is 48.5 Å². The first-order chi connectivity index (χ1) is 13.2. The van der Waals surface area contributed by atoms with Crippen molar-refractivity contribution in [3.8, 4) is 0 Å². The lowest BCUT2D eigenvalue weighted by molar-refractivity contribution is -0.166. The highest BCUT2D eigenvalue weighted by Crippen LogP contribution is 2.16. The van der Waals surface area contributed by atoms with Crippen LogP contribution in [0.15, 0.2) is 57.5 Å². The minimum Gasteiger partial charge on any atom is -0.478 e. The molecule has 0 fully saturated rings. The van der Waals surface area contributed by atoms with Crippen molar-refractivity contribution in [2.75, 3.05) is 0 Å². The lowest BCUT2D eigenvalue weighted by Crippen LogP contribution is -2.45. The number of carboxylic acids is 2. The highest BCUT2D eigenvalue weighted by atomic mass is 79.9. The Hall–Kier alpha value is -2.72. The molecule has 2 aromatic carbocycles. The van der Waals surface area contributed by atoms with Crippen LogP contribution in [-0.2, 0) is 19.1 Å². The Morgan fingerprint density at radius 2 is 0.929 bits per heavy atom. The fraction of sp³-hybridized carbons (Fsp3) is 0.111. The van der Waals surface area contributed by atoms with Gasteiger partial charge in [0.2, 0.25) is 12.2 Å². The van der Waals surface area contributed by atoms with Crippen LogP contribution in [0.2, 0.25) is 0 Å². The molecule has 146 valence electrons. The Labute approximate surface area is 175 Å². The number of ether oxygens (including phenoxy) is 2. The maximum Gasteiger partial charge on any atom is 0.349 e. The van der Waals surface area contributed by atoms with E-state index in [2.05, 4.69) is 31.9 Å². The zero-order valence-electron chi connectivity index (χ0n) is 13.9. The van der Waals surface area contributed by atoms with E-state index in [-0.39, 0.29) is 11.1 Å². The van der Waals surface area contributed by atoms with Gasteiger partial charge in [0.15, 0.2) is 0 Å². The van der Waals surface area contributed by atoms with Gasteiger partial charge < -0.3 is 19.7 Å². The van der Waals surface area contributed by atoms with Gasteiger partial charge in [-0.3, -0.25) is 0 Å². The molecule has 2 rings (SSSR count). The predicted octanol–water partition coefficient (Wildman–Crippen LogP) is 3.13. The molecule has 28 heavy (non-hydrogen) atoms. The number of halogens is 2. The summed E-state index contributed by atoms with van der Waals surface area (Å²) in [6.45, 7) is 0. The maximum atomic E-state index is 12.2. The summed E-state index contributed by atoms with van der Waals surface area (Å²) in [5.41, 5.74) is -0.00403. The van der Waals surface area contributed by atoms with Crippen LogP contribution in [0.25, 0.3) is 0 Å². The van der Waals surface area contributed by atoms with Crippen molar-refractivity contribution in [3.63, 3.8) is 0 Å². The van der Waals surface area contributed by atoms with E-state index >= 15 is 0 Å². The molecule has 0 aliphatic carbocycles. The molecule has 10 heteroatoms. The topological polar surface area (TPSA) is 127 Å². The average molecular weight is 516 g/mol. The molecule has 0 heterocycles. The number of esters is 2. The van der Waals surface area contributed by atoms with Gasteiger partial charge in [0.05, 0.1) is 11.1 Å². The van der Waals surface area contributed by atoms with Gasteiger partial charge in [0.25, 0.3) is 0 Å². The van der Waals surface area contributed by atoms with Crippen molar-refractivity contribution in [2.24, 2.45) is 0 Å². The van der Waals surface area contributed by atoms with E-state index in [4.69, 9.17) is 9.47 Å². The van der Waals surface area contributed by atoms with Gasteiger partial charge >= 0.3 is 23.9 Å². The van der Waals surface area contributed by atoms with Crippen molar-refractivity contribution < 1.29 is 38.9 Å². The molecule has 0 aliphatic rings. The number of carboxylic acid groups (broad SMARTS) is 2. The minimum atomic E-state index is -2.24. The molecule has 0 aromatic heterocycles. The molecule has 0 saturated carbocycles. The summed E-state index contributed by atoms with van der Waals surface area (Å²) in [4.78, 5) is 47.3. The van der Waals surface area contributed by atoms with Crippen LogP contribution in [0.3, 0.4) is 0 Å². The first kappa shape index (κ1) is 21.6. The number of benzene rings is 2. The van der Waals surface area contributed by atoms with Crippen LogP contribution in [0.4, 0.5) is 0 Å². The molecular formula is C18H12Br2O8. The molecule has 2 N–H and O–H groups in total. The van der Waals surface area contributed by atoms with Crippen molar-refractivity contribution in [1.82, 2.24) is 0 Å². The SMILES string of the molecule is O=C(O[C@H](C(=O)O)[C@H](OC(=O)c1ccc(Br)cc1)C(=O)O)c1ccc(Br)cc1. The van der Waals surface area contributed by atoms with Crippen molar-refractivity contribution in [3.05, 3.63) is 68.6 Å². The van der Waals surface area contributed by atoms with E-state index in [0.29, 0.717) is 8.95 Å². The number of hydrogen-bond donors (Lipinski definition) is 2. The largest absolute Gasteiger partial charge is 0.478 e. The van der Waals surface area contributed by atoms with Crippen LogP contribution < -0.4 is 0 Å². The van der Waals surface area contributed by atoms with Crippen LogP contribution in [0.1, 0.15) is 20.7 Å². The molecule has 0 unspecified atom stereocenters. The summed E-state index contributed by atoms with van der Waals surface area (Å²) >= 11 is 6.36. The number of rotatable bonds is 7. The second kappa shape index (κ2) is 9.47. The first-order valence-electron chi connectivity index (χ1n) is 7.57.